The molecule has 0 aliphatic heterocycles. The third kappa shape index (κ3) is 5.82. The Bertz CT molecular complexity index is 1620. The molecule has 0 saturated heterocycles. The molecule has 0 aliphatic rings. The van der Waals surface area contributed by atoms with Crippen molar-refractivity contribution in [3.63, 3.8) is 0 Å². The molecule has 0 amide bonds. The predicted molar refractivity (Wildman–Crippen MR) is 150 cm³/mol. The molecule has 1 unspecified atom stereocenters. The number of aryl methyl sites for hydroxylation is 4. The van der Waals surface area contributed by atoms with E-state index in [-0.39, 0.29) is 6.16 Å². The van der Waals surface area contributed by atoms with Gasteiger partial charge in [-0.3, -0.25) is 9.55 Å². The van der Waals surface area contributed by atoms with E-state index in [2.05, 4.69) is 60.2 Å². The standard InChI is InChI=1S/C30H30N3O3P/c1-19-3-12-26-27-15-23(16-32-29(27)30(31)33-28(26)13-19)8-9-24-10-11-25(14-20(24)2)36-17-21-4-6-22(7-5-21)18-37(34)35/h3-7,10-16,37H,8-9,17-18H2,1-2H3,(H2,31,33)(H,34,35). The van der Waals surface area contributed by atoms with Crippen molar-refractivity contribution in [1.29, 1.82) is 0 Å². The number of benzene rings is 3. The molecule has 188 valence electrons. The second kappa shape index (κ2) is 10.7. The quantitative estimate of drug-likeness (QED) is 0.187. The SMILES string of the molecule is Cc1ccc2c(c1)nc(N)c1ncc(CCc3ccc(OCc4ccc(C[PH](=O)O)cc4)cc3C)cc12. The summed E-state index contributed by atoms with van der Waals surface area (Å²) in [6, 6.07) is 22.3. The van der Waals surface area contributed by atoms with Crippen LogP contribution in [0.5, 0.6) is 5.75 Å². The number of hydrogen-bond donors (Lipinski definition) is 2. The molecule has 0 fully saturated rings. The van der Waals surface area contributed by atoms with E-state index in [1.165, 1.54) is 11.1 Å². The van der Waals surface area contributed by atoms with Crippen LogP contribution in [0, 0.1) is 13.8 Å². The number of anilines is 1. The van der Waals surface area contributed by atoms with Gasteiger partial charge < -0.3 is 15.4 Å². The molecular formula is C30H30N3O3P. The Morgan fingerprint density at radius 3 is 2.43 bits per heavy atom. The molecular weight excluding hydrogens is 481 g/mol. The molecule has 5 rings (SSSR count). The molecule has 2 aromatic heterocycles. The number of ether oxygens (including phenoxy) is 1. The van der Waals surface area contributed by atoms with Gasteiger partial charge in [-0.15, -0.1) is 0 Å². The zero-order valence-electron chi connectivity index (χ0n) is 21.0. The zero-order chi connectivity index (χ0) is 25.9. The number of nitrogens with zero attached hydrogens (tertiary/aromatic N) is 2. The van der Waals surface area contributed by atoms with Crippen molar-refractivity contribution in [2.75, 3.05) is 5.73 Å². The van der Waals surface area contributed by atoms with Gasteiger partial charge in [-0.05, 0) is 84.3 Å². The fraction of sp³-hybridized carbons (Fsp3) is 0.200. The highest BCUT2D eigenvalue weighted by Gasteiger charge is 2.10. The summed E-state index contributed by atoms with van der Waals surface area (Å²) in [6.45, 7) is 4.61. The Hall–Kier alpha value is -3.73. The van der Waals surface area contributed by atoms with Crippen LogP contribution in [0.25, 0.3) is 21.8 Å². The molecule has 0 spiro atoms. The number of hydrogen-bond acceptors (Lipinski definition) is 5. The smallest absolute Gasteiger partial charge is 0.193 e. The largest absolute Gasteiger partial charge is 0.489 e. The van der Waals surface area contributed by atoms with Gasteiger partial charge in [0.2, 0.25) is 0 Å². The van der Waals surface area contributed by atoms with Crippen molar-refractivity contribution < 1.29 is 14.2 Å². The molecule has 5 aromatic rings. The lowest BCUT2D eigenvalue weighted by molar-refractivity contribution is 0.306. The van der Waals surface area contributed by atoms with Crippen molar-refractivity contribution >= 4 is 35.7 Å². The number of nitrogens with two attached hydrogens (primary N) is 1. The second-order valence-corrected chi connectivity index (χ2v) is 10.7. The number of fused-ring (bicyclic) bond motifs is 3. The first-order valence-electron chi connectivity index (χ1n) is 12.3. The molecule has 3 N–H and O–H groups in total. The molecule has 1 atom stereocenters. The van der Waals surface area contributed by atoms with E-state index >= 15 is 0 Å². The molecule has 37 heavy (non-hydrogen) atoms. The van der Waals surface area contributed by atoms with Crippen LogP contribution in [0.1, 0.15) is 33.4 Å². The molecule has 0 bridgehead atoms. The van der Waals surface area contributed by atoms with Gasteiger partial charge in [-0.1, -0.05) is 42.5 Å². The summed E-state index contributed by atoms with van der Waals surface area (Å²) in [5, 5.41) is 2.11. The zero-order valence-corrected chi connectivity index (χ0v) is 22.0. The summed E-state index contributed by atoms with van der Waals surface area (Å²) < 4.78 is 17.0. The van der Waals surface area contributed by atoms with E-state index in [1.807, 2.05) is 36.5 Å². The van der Waals surface area contributed by atoms with Crippen molar-refractivity contribution in [1.82, 2.24) is 9.97 Å². The van der Waals surface area contributed by atoms with Gasteiger partial charge in [0.1, 0.15) is 17.9 Å². The van der Waals surface area contributed by atoms with E-state index in [0.717, 1.165) is 62.7 Å². The number of nitrogen functional groups attached to an aromatic ring is 1. The van der Waals surface area contributed by atoms with Crippen LogP contribution in [-0.2, 0) is 30.2 Å². The van der Waals surface area contributed by atoms with Crippen molar-refractivity contribution in [3.05, 3.63) is 106 Å². The molecule has 0 aliphatic carbocycles. The van der Waals surface area contributed by atoms with Crippen LogP contribution < -0.4 is 10.5 Å². The van der Waals surface area contributed by atoms with Gasteiger partial charge in [0.15, 0.2) is 13.8 Å². The Labute approximate surface area is 217 Å². The van der Waals surface area contributed by atoms with E-state index in [4.69, 9.17) is 15.4 Å². The van der Waals surface area contributed by atoms with Gasteiger partial charge in [0.05, 0.1) is 5.52 Å². The topological polar surface area (TPSA) is 98.3 Å². The van der Waals surface area contributed by atoms with Gasteiger partial charge in [-0.25, -0.2) is 4.98 Å². The van der Waals surface area contributed by atoms with Crippen LogP contribution in [0.2, 0.25) is 0 Å². The lowest BCUT2D eigenvalue weighted by Crippen LogP contribution is -2.00. The van der Waals surface area contributed by atoms with Crippen LogP contribution in [0.4, 0.5) is 5.82 Å². The van der Waals surface area contributed by atoms with Crippen LogP contribution in [0.15, 0.2) is 72.9 Å². The molecule has 3 aromatic carbocycles. The normalized spacial score (nSPS) is 12.2. The van der Waals surface area contributed by atoms with E-state index in [1.54, 1.807) is 0 Å². The summed E-state index contributed by atoms with van der Waals surface area (Å²) in [4.78, 5) is 18.3. The number of pyridine rings is 2. The maximum Gasteiger partial charge on any atom is 0.193 e. The molecule has 6 nitrogen and oxygen atoms in total. The van der Waals surface area contributed by atoms with Crippen LogP contribution >= 0.6 is 8.03 Å². The van der Waals surface area contributed by atoms with Gasteiger partial charge in [0, 0.05) is 23.1 Å². The summed E-state index contributed by atoms with van der Waals surface area (Å²) in [6.07, 6.45) is 3.87. The summed E-state index contributed by atoms with van der Waals surface area (Å²) >= 11 is 0. The minimum Gasteiger partial charge on any atom is -0.489 e. The molecule has 0 radical (unpaired) electrons. The van der Waals surface area contributed by atoms with Crippen LogP contribution in [-0.4, -0.2) is 14.9 Å². The summed E-state index contributed by atoms with van der Waals surface area (Å²) in [7, 11) is -2.50. The number of aromatic nitrogens is 2. The van der Waals surface area contributed by atoms with Gasteiger partial charge in [0.25, 0.3) is 0 Å². The van der Waals surface area contributed by atoms with E-state index in [9.17, 15) is 4.57 Å². The Morgan fingerprint density at radius 1 is 0.892 bits per heavy atom. The summed E-state index contributed by atoms with van der Waals surface area (Å²) in [5.41, 5.74) is 14.5. The third-order valence-corrected chi connectivity index (χ3v) is 7.36. The van der Waals surface area contributed by atoms with Crippen LogP contribution in [0.3, 0.4) is 0 Å². The number of rotatable bonds is 8. The highest BCUT2D eigenvalue weighted by molar-refractivity contribution is 7.37. The Balaban J connectivity index is 1.26. The first-order valence-corrected chi connectivity index (χ1v) is 13.9. The maximum atomic E-state index is 11.0. The molecule has 0 saturated carbocycles. The Kier molecular flexibility index (Phi) is 7.22. The lowest BCUT2D eigenvalue weighted by atomic mass is 9.99. The van der Waals surface area contributed by atoms with Gasteiger partial charge in [-0.2, -0.15) is 0 Å². The minimum absolute atomic E-state index is 0.212. The average Bonchev–Trinajstić information content (AvgIpc) is 2.87. The van der Waals surface area contributed by atoms with Crippen molar-refractivity contribution in [2.24, 2.45) is 0 Å². The average molecular weight is 512 g/mol. The van der Waals surface area contributed by atoms with Gasteiger partial charge >= 0.3 is 0 Å². The highest BCUT2D eigenvalue weighted by Crippen LogP contribution is 2.28. The Morgan fingerprint density at radius 2 is 1.68 bits per heavy atom. The third-order valence-electron chi connectivity index (χ3n) is 6.65. The fourth-order valence-electron chi connectivity index (χ4n) is 4.61. The fourth-order valence-corrected chi connectivity index (χ4v) is 5.20. The molecule has 7 heteroatoms. The van der Waals surface area contributed by atoms with E-state index in [0.29, 0.717) is 12.4 Å². The monoisotopic (exact) mass is 511 g/mol. The summed E-state index contributed by atoms with van der Waals surface area (Å²) in [5.74, 6) is 1.28. The second-order valence-electron chi connectivity index (χ2n) is 9.52. The van der Waals surface area contributed by atoms with Crippen molar-refractivity contribution in [3.8, 4) is 5.75 Å². The van der Waals surface area contributed by atoms with Crippen molar-refractivity contribution in [2.45, 2.75) is 39.5 Å². The van der Waals surface area contributed by atoms with E-state index < -0.39 is 8.03 Å². The maximum absolute atomic E-state index is 11.0. The highest BCUT2D eigenvalue weighted by atomic mass is 31.1. The molecule has 2 heterocycles. The minimum atomic E-state index is -2.50. The first kappa shape index (κ1) is 24.9. The first-order chi connectivity index (χ1) is 17.9. The predicted octanol–water partition coefficient (Wildman–Crippen LogP) is 6.31. The lowest BCUT2D eigenvalue weighted by Gasteiger charge is -2.12.